The number of aryl methyl sites for hydroxylation is 2. The van der Waals surface area contributed by atoms with Gasteiger partial charge in [0.25, 0.3) is 0 Å². The van der Waals surface area contributed by atoms with Crippen LogP contribution in [0.1, 0.15) is 65.9 Å². The standard InChI is InChI=1S/C25H29NO5S/c1-4-30-25(27)24-18(3)21-16-20(13-14-23(21)31-24)32(28,29)26-15-7-5-6-8-22(26)19-11-9-17(2)10-12-19/h9-14,16,22H,4-8,15H2,1-3H3/t22-/m0/s1. The molecule has 2 aromatic carbocycles. The molecular weight excluding hydrogens is 426 g/mol. The Bertz CT molecular complexity index is 1230. The SMILES string of the molecule is CCOC(=O)c1oc2ccc(S(=O)(=O)N3CCCCC[C@H]3c3ccc(C)cc3)cc2c1C. The van der Waals surface area contributed by atoms with Crippen molar-refractivity contribution in [3.63, 3.8) is 0 Å². The van der Waals surface area contributed by atoms with Gasteiger partial charge in [0.2, 0.25) is 15.8 Å². The lowest BCUT2D eigenvalue weighted by molar-refractivity contribution is 0.0491. The summed E-state index contributed by atoms with van der Waals surface area (Å²) in [4.78, 5) is 12.4. The van der Waals surface area contributed by atoms with E-state index in [0.29, 0.717) is 23.1 Å². The van der Waals surface area contributed by atoms with Crippen molar-refractivity contribution in [3.8, 4) is 0 Å². The average molecular weight is 456 g/mol. The number of carbonyl (C=O) groups excluding carboxylic acids is 1. The molecule has 0 unspecified atom stereocenters. The summed E-state index contributed by atoms with van der Waals surface area (Å²) < 4.78 is 40.0. The molecule has 1 fully saturated rings. The molecule has 0 spiro atoms. The molecule has 0 bridgehead atoms. The molecule has 32 heavy (non-hydrogen) atoms. The van der Waals surface area contributed by atoms with E-state index in [0.717, 1.165) is 36.8 Å². The van der Waals surface area contributed by atoms with Gasteiger partial charge >= 0.3 is 5.97 Å². The van der Waals surface area contributed by atoms with Crippen LogP contribution < -0.4 is 0 Å². The van der Waals surface area contributed by atoms with Crippen molar-refractivity contribution in [2.75, 3.05) is 13.2 Å². The summed E-state index contributed by atoms with van der Waals surface area (Å²) in [5.74, 6) is -0.429. The van der Waals surface area contributed by atoms with Gasteiger partial charge in [-0.25, -0.2) is 13.2 Å². The van der Waals surface area contributed by atoms with E-state index < -0.39 is 16.0 Å². The molecule has 3 aromatic rings. The van der Waals surface area contributed by atoms with Crippen LogP contribution in [0.3, 0.4) is 0 Å². The van der Waals surface area contributed by atoms with Crippen LogP contribution in [0.15, 0.2) is 51.8 Å². The minimum Gasteiger partial charge on any atom is -0.460 e. The highest BCUT2D eigenvalue weighted by atomic mass is 32.2. The van der Waals surface area contributed by atoms with Gasteiger partial charge in [-0.3, -0.25) is 0 Å². The van der Waals surface area contributed by atoms with Crippen LogP contribution in [-0.2, 0) is 14.8 Å². The number of hydrogen-bond acceptors (Lipinski definition) is 5. The fourth-order valence-corrected chi connectivity index (χ4v) is 6.09. The van der Waals surface area contributed by atoms with Gasteiger partial charge in [-0.15, -0.1) is 0 Å². The third-order valence-corrected chi connectivity index (χ3v) is 8.05. The maximum absolute atomic E-state index is 13.8. The van der Waals surface area contributed by atoms with Crippen LogP contribution in [0, 0.1) is 13.8 Å². The molecule has 1 aromatic heterocycles. The molecule has 1 aliphatic heterocycles. The summed E-state index contributed by atoms with van der Waals surface area (Å²) in [5.41, 5.74) is 3.22. The first-order valence-corrected chi connectivity index (χ1v) is 12.6. The van der Waals surface area contributed by atoms with Gasteiger partial charge in [-0.2, -0.15) is 4.31 Å². The van der Waals surface area contributed by atoms with Crippen molar-refractivity contribution in [1.82, 2.24) is 4.31 Å². The maximum atomic E-state index is 13.8. The van der Waals surface area contributed by atoms with Gasteiger partial charge in [0.15, 0.2) is 0 Å². The second-order valence-corrected chi connectivity index (χ2v) is 10.2. The Morgan fingerprint density at radius 1 is 1.09 bits per heavy atom. The Kier molecular flexibility index (Phi) is 6.40. The highest BCUT2D eigenvalue weighted by Gasteiger charge is 2.34. The number of rotatable bonds is 5. The molecule has 1 saturated heterocycles. The Morgan fingerprint density at radius 2 is 1.84 bits per heavy atom. The topological polar surface area (TPSA) is 76.8 Å². The number of carbonyl (C=O) groups is 1. The Hall–Kier alpha value is -2.64. The van der Waals surface area contributed by atoms with Crippen LogP contribution >= 0.6 is 0 Å². The summed E-state index contributed by atoms with van der Waals surface area (Å²) in [6, 6.07) is 12.7. The monoisotopic (exact) mass is 455 g/mol. The van der Waals surface area contributed by atoms with E-state index in [1.807, 2.05) is 31.2 Å². The van der Waals surface area contributed by atoms with Crippen molar-refractivity contribution in [3.05, 3.63) is 64.9 Å². The van der Waals surface area contributed by atoms with E-state index >= 15 is 0 Å². The Balaban J connectivity index is 1.75. The highest BCUT2D eigenvalue weighted by Crippen LogP contribution is 2.36. The highest BCUT2D eigenvalue weighted by molar-refractivity contribution is 7.89. The third kappa shape index (κ3) is 4.19. The lowest BCUT2D eigenvalue weighted by atomic mass is 10.0. The van der Waals surface area contributed by atoms with Gasteiger partial charge in [0.05, 0.1) is 17.5 Å². The van der Waals surface area contributed by atoms with Gasteiger partial charge in [-0.1, -0.05) is 42.7 Å². The molecule has 7 heteroatoms. The van der Waals surface area contributed by atoms with Crippen molar-refractivity contribution >= 4 is 27.0 Å². The molecule has 1 atom stereocenters. The van der Waals surface area contributed by atoms with E-state index in [1.165, 1.54) is 0 Å². The minimum atomic E-state index is -3.75. The summed E-state index contributed by atoms with van der Waals surface area (Å²) >= 11 is 0. The Morgan fingerprint density at radius 3 is 2.56 bits per heavy atom. The van der Waals surface area contributed by atoms with Crippen LogP contribution in [0.2, 0.25) is 0 Å². The lowest BCUT2D eigenvalue weighted by Gasteiger charge is -2.29. The van der Waals surface area contributed by atoms with Crippen LogP contribution in [-0.4, -0.2) is 31.8 Å². The zero-order valence-electron chi connectivity index (χ0n) is 18.8. The predicted octanol–water partition coefficient (Wildman–Crippen LogP) is 5.53. The molecule has 0 N–H and O–H groups in total. The fourth-order valence-electron chi connectivity index (χ4n) is 4.38. The predicted molar refractivity (Wildman–Crippen MR) is 123 cm³/mol. The first-order valence-electron chi connectivity index (χ1n) is 11.1. The van der Waals surface area contributed by atoms with Crippen LogP contribution in [0.25, 0.3) is 11.0 Å². The first-order chi connectivity index (χ1) is 15.3. The number of nitrogens with zero attached hydrogens (tertiary/aromatic N) is 1. The number of furan rings is 1. The zero-order valence-corrected chi connectivity index (χ0v) is 19.6. The second kappa shape index (κ2) is 9.08. The molecule has 4 rings (SSSR count). The minimum absolute atomic E-state index is 0.115. The van der Waals surface area contributed by atoms with E-state index in [4.69, 9.17) is 9.15 Å². The molecule has 0 saturated carbocycles. The molecule has 0 radical (unpaired) electrons. The quantitative estimate of drug-likeness (QED) is 0.473. The molecule has 0 aliphatic carbocycles. The molecule has 6 nitrogen and oxygen atoms in total. The van der Waals surface area contributed by atoms with Crippen LogP contribution in [0.5, 0.6) is 0 Å². The van der Waals surface area contributed by atoms with Crippen molar-refractivity contribution in [2.45, 2.75) is 57.4 Å². The Labute approximate surface area is 189 Å². The van der Waals surface area contributed by atoms with Gasteiger partial charge in [0.1, 0.15) is 5.58 Å². The van der Waals surface area contributed by atoms with E-state index in [2.05, 4.69) is 0 Å². The third-order valence-electron chi connectivity index (χ3n) is 6.14. The smallest absolute Gasteiger partial charge is 0.374 e. The van der Waals surface area contributed by atoms with Crippen molar-refractivity contribution in [2.24, 2.45) is 0 Å². The first kappa shape index (κ1) is 22.6. The zero-order chi connectivity index (χ0) is 22.9. The molecule has 0 amide bonds. The number of ether oxygens (including phenoxy) is 1. The second-order valence-electron chi connectivity index (χ2n) is 8.33. The van der Waals surface area contributed by atoms with Gasteiger partial charge in [0, 0.05) is 17.5 Å². The number of hydrogen-bond donors (Lipinski definition) is 0. The summed E-state index contributed by atoms with van der Waals surface area (Å²) in [7, 11) is -3.75. The summed E-state index contributed by atoms with van der Waals surface area (Å²) in [5, 5.41) is 0.607. The fraction of sp³-hybridized carbons (Fsp3) is 0.400. The number of esters is 1. The van der Waals surface area contributed by atoms with Crippen LogP contribution in [0.4, 0.5) is 0 Å². The summed E-state index contributed by atoms with van der Waals surface area (Å²) in [6.45, 7) is 6.22. The molecule has 2 heterocycles. The average Bonchev–Trinajstić information content (AvgIpc) is 2.94. The number of fused-ring (bicyclic) bond motifs is 1. The molecule has 1 aliphatic rings. The van der Waals surface area contributed by atoms with Crippen molar-refractivity contribution < 1.29 is 22.4 Å². The maximum Gasteiger partial charge on any atom is 0.374 e. The molecular formula is C25H29NO5S. The van der Waals surface area contributed by atoms with E-state index in [-0.39, 0.29) is 23.3 Å². The number of benzene rings is 2. The van der Waals surface area contributed by atoms with Crippen molar-refractivity contribution in [1.29, 1.82) is 0 Å². The van der Waals surface area contributed by atoms with E-state index in [9.17, 15) is 13.2 Å². The normalized spacial score (nSPS) is 17.9. The van der Waals surface area contributed by atoms with Gasteiger partial charge in [-0.05, 0) is 57.4 Å². The van der Waals surface area contributed by atoms with Gasteiger partial charge < -0.3 is 9.15 Å². The lowest BCUT2D eigenvalue weighted by Crippen LogP contribution is -2.34. The largest absolute Gasteiger partial charge is 0.460 e. The molecule has 170 valence electrons. The summed E-state index contributed by atoms with van der Waals surface area (Å²) in [6.07, 6.45) is 3.63. The van der Waals surface area contributed by atoms with E-state index in [1.54, 1.807) is 36.4 Å². The number of sulfonamides is 1.